The van der Waals surface area contributed by atoms with Crippen LogP contribution in [0.15, 0.2) is 34.8 Å². The molecule has 128 valence electrons. The number of rotatable bonds is 6. The molecule has 0 radical (unpaired) electrons. The number of benzene rings is 1. The lowest BCUT2D eigenvalue weighted by Crippen LogP contribution is -2.44. The fraction of sp³-hybridized carbons (Fsp3) is 0.353. The average molecular weight is 394 g/mol. The summed E-state index contributed by atoms with van der Waals surface area (Å²) in [5.74, 6) is -0.946. The second kappa shape index (κ2) is 7.61. The van der Waals surface area contributed by atoms with Gasteiger partial charge in [-0.05, 0) is 38.5 Å². The summed E-state index contributed by atoms with van der Waals surface area (Å²) < 4.78 is 5.98. The maximum absolute atomic E-state index is 12.0. The number of aromatic nitrogens is 2. The highest BCUT2D eigenvalue weighted by Crippen LogP contribution is 2.20. The van der Waals surface area contributed by atoms with Gasteiger partial charge in [0.05, 0.1) is 5.69 Å². The number of hydrogen-bond acceptors (Lipinski definition) is 4. The Morgan fingerprint density at radius 1 is 1.29 bits per heavy atom. The van der Waals surface area contributed by atoms with Crippen LogP contribution in [0.2, 0.25) is 0 Å². The Labute approximate surface area is 149 Å². The van der Waals surface area contributed by atoms with Crippen LogP contribution in [-0.4, -0.2) is 34.2 Å². The zero-order chi connectivity index (χ0) is 17.7. The van der Waals surface area contributed by atoms with Crippen molar-refractivity contribution in [1.29, 1.82) is 0 Å². The van der Waals surface area contributed by atoms with Gasteiger partial charge in [-0.1, -0.05) is 35.0 Å². The van der Waals surface area contributed by atoms with Crippen molar-refractivity contribution in [2.24, 2.45) is 0 Å². The first kappa shape index (κ1) is 18.2. The van der Waals surface area contributed by atoms with Crippen molar-refractivity contribution < 1.29 is 14.3 Å². The number of amides is 1. The fourth-order valence-corrected chi connectivity index (χ4v) is 2.17. The van der Waals surface area contributed by atoms with Crippen molar-refractivity contribution >= 4 is 27.8 Å². The van der Waals surface area contributed by atoms with Gasteiger partial charge >= 0.3 is 5.97 Å². The van der Waals surface area contributed by atoms with Gasteiger partial charge in [-0.15, -0.1) is 0 Å². The number of H-pyrrole nitrogens is 1. The van der Waals surface area contributed by atoms with E-state index in [0.29, 0.717) is 5.69 Å². The van der Waals surface area contributed by atoms with E-state index in [4.69, 9.17) is 4.74 Å². The van der Waals surface area contributed by atoms with Gasteiger partial charge in [-0.25, -0.2) is 4.79 Å². The number of ether oxygens (including phenoxy) is 1. The number of esters is 1. The molecule has 0 fully saturated rings. The van der Waals surface area contributed by atoms with Crippen LogP contribution in [0.4, 0.5) is 0 Å². The van der Waals surface area contributed by atoms with Crippen LogP contribution in [0.5, 0.6) is 0 Å². The molecule has 0 aliphatic carbocycles. The molecular weight excluding hydrogens is 374 g/mol. The number of halogens is 1. The van der Waals surface area contributed by atoms with Crippen LogP contribution in [-0.2, 0) is 9.53 Å². The molecule has 1 heterocycles. The molecule has 2 rings (SSSR count). The van der Waals surface area contributed by atoms with E-state index in [1.807, 2.05) is 45.0 Å². The third kappa shape index (κ3) is 4.92. The average Bonchev–Trinajstić information content (AvgIpc) is 3.03. The van der Waals surface area contributed by atoms with E-state index in [2.05, 4.69) is 31.4 Å². The third-order valence-electron chi connectivity index (χ3n) is 3.63. The van der Waals surface area contributed by atoms with Gasteiger partial charge in [0, 0.05) is 15.6 Å². The first-order valence-electron chi connectivity index (χ1n) is 7.60. The van der Waals surface area contributed by atoms with Crippen molar-refractivity contribution in [1.82, 2.24) is 15.5 Å². The Morgan fingerprint density at radius 3 is 2.58 bits per heavy atom. The molecule has 1 aromatic carbocycles. The Kier molecular flexibility index (Phi) is 5.77. The van der Waals surface area contributed by atoms with Gasteiger partial charge in [0.1, 0.15) is 5.69 Å². The van der Waals surface area contributed by atoms with Crippen molar-refractivity contribution in [2.45, 2.75) is 32.7 Å². The van der Waals surface area contributed by atoms with E-state index in [0.717, 1.165) is 16.5 Å². The predicted octanol–water partition coefficient (Wildman–Crippen LogP) is 3.30. The second-order valence-corrected chi connectivity index (χ2v) is 6.95. The summed E-state index contributed by atoms with van der Waals surface area (Å²) >= 11 is 3.37. The standard InChI is InChI=1S/C17H20BrN3O3/c1-4-17(2,3)19-15(22)10-24-16(23)14-9-13(20-21-14)11-5-7-12(18)8-6-11/h5-9H,4,10H2,1-3H3,(H,19,22)(H,20,21). The zero-order valence-electron chi connectivity index (χ0n) is 13.9. The molecule has 1 aromatic heterocycles. The SMILES string of the molecule is CCC(C)(C)NC(=O)COC(=O)c1cc(-c2ccc(Br)cc2)n[nH]1. The molecule has 0 saturated heterocycles. The summed E-state index contributed by atoms with van der Waals surface area (Å²) in [5.41, 5.74) is 1.38. The van der Waals surface area contributed by atoms with E-state index in [1.54, 1.807) is 6.07 Å². The summed E-state index contributed by atoms with van der Waals surface area (Å²) in [4.78, 5) is 23.8. The number of nitrogens with zero attached hydrogens (tertiary/aromatic N) is 1. The lowest BCUT2D eigenvalue weighted by molar-refractivity contribution is -0.125. The molecule has 1 amide bonds. The second-order valence-electron chi connectivity index (χ2n) is 6.04. The van der Waals surface area contributed by atoms with E-state index >= 15 is 0 Å². The Hall–Kier alpha value is -2.15. The molecule has 0 aliphatic rings. The predicted molar refractivity (Wildman–Crippen MR) is 94.5 cm³/mol. The van der Waals surface area contributed by atoms with E-state index < -0.39 is 5.97 Å². The molecule has 0 saturated carbocycles. The number of hydrogen-bond donors (Lipinski definition) is 2. The number of carbonyl (C=O) groups excluding carboxylic acids is 2. The van der Waals surface area contributed by atoms with Crippen molar-refractivity contribution in [3.05, 3.63) is 40.5 Å². The van der Waals surface area contributed by atoms with Crippen molar-refractivity contribution in [3.8, 4) is 11.3 Å². The molecule has 0 spiro atoms. The summed E-state index contributed by atoms with van der Waals surface area (Å²) in [6.07, 6.45) is 0.782. The van der Waals surface area contributed by atoms with Gasteiger partial charge in [0.2, 0.25) is 0 Å². The number of carbonyl (C=O) groups is 2. The first-order chi connectivity index (χ1) is 11.3. The first-order valence-corrected chi connectivity index (χ1v) is 8.39. The molecule has 0 unspecified atom stereocenters. The fourth-order valence-electron chi connectivity index (χ4n) is 1.91. The highest BCUT2D eigenvalue weighted by Gasteiger charge is 2.19. The van der Waals surface area contributed by atoms with E-state index in [1.165, 1.54) is 0 Å². The lowest BCUT2D eigenvalue weighted by Gasteiger charge is -2.24. The van der Waals surface area contributed by atoms with Crippen LogP contribution in [0.1, 0.15) is 37.7 Å². The monoisotopic (exact) mass is 393 g/mol. The Bertz CT molecular complexity index is 723. The summed E-state index contributed by atoms with van der Waals surface area (Å²) in [5, 5.41) is 9.53. The van der Waals surface area contributed by atoms with Gasteiger partial charge in [0.15, 0.2) is 6.61 Å². The van der Waals surface area contributed by atoms with Gasteiger partial charge in [-0.2, -0.15) is 5.10 Å². The highest BCUT2D eigenvalue weighted by atomic mass is 79.9. The van der Waals surface area contributed by atoms with Crippen LogP contribution in [0.25, 0.3) is 11.3 Å². The molecule has 2 N–H and O–H groups in total. The molecule has 6 nitrogen and oxygen atoms in total. The van der Waals surface area contributed by atoms with Gasteiger partial charge in [0.25, 0.3) is 5.91 Å². The molecule has 0 bridgehead atoms. The van der Waals surface area contributed by atoms with Gasteiger partial charge in [-0.3, -0.25) is 9.89 Å². The maximum atomic E-state index is 12.0. The molecule has 24 heavy (non-hydrogen) atoms. The quantitative estimate of drug-likeness (QED) is 0.737. The van der Waals surface area contributed by atoms with Crippen molar-refractivity contribution in [2.75, 3.05) is 6.61 Å². The number of nitrogens with one attached hydrogen (secondary N) is 2. The topological polar surface area (TPSA) is 84.1 Å². The number of aromatic amines is 1. The Balaban J connectivity index is 1.94. The van der Waals surface area contributed by atoms with Crippen molar-refractivity contribution in [3.63, 3.8) is 0 Å². The molecule has 0 aliphatic heterocycles. The van der Waals surface area contributed by atoms with Crippen LogP contribution in [0.3, 0.4) is 0 Å². The van der Waals surface area contributed by atoms with Crippen LogP contribution >= 0.6 is 15.9 Å². The minimum atomic E-state index is -0.615. The zero-order valence-corrected chi connectivity index (χ0v) is 15.4. The summed E-state index contributed by atoms with van der Waals surface area (Å²) in [6, 6.07) is 9.15. The maximum Gasteiger partial charge on any atom is 0.356 e. The highest BCUT2D eigenvalue weighted by molar-refractivity contribution is 9.10. The van der Waals surface area contributed by atoms with E-state index in [9.17, 15) is 9.59 Å². The lowest BCUT2D eigenvalue weighted by atomic mass is 10.0. The third-order valence-corrected chi connectivity index (χ3v) is 4.16. The van der Waals surface area contributed by atoms with Crippen LogP contribution in [0, 0.1) is 0 Å². The summed E-state index contributed by atoms with van der Waals surface area (Å²) in [6.45, 7) is 5.47. The van der Waals surface area contributed by atoms with Gasteiger partial charge < -0.3 is 10.1 Å². The normalized spacial score (nSPS) is 11.2. The molecule has 0 atom stereocenters. The molecular formula is C17H20BrN3O3. The summed E-state index contributed by atoms with van der Waals surface area (Å²) in [7, 11) is 0. The van der Waals surface area contributed by atoms with E-state index in [-0.39, 0.29) is 23.7 Å². The largest absolute Gasteiger partial charge is 0.451 e. The minimum absolute atomic E-state index is 0.204. The molecule has 7 heteroatoms. The smallest absolute Gasteiger partial charge is 0.356 e. The van der Waals surface area contributed by atoms with Crippen LogP contribution < -0.4 is 5.32 Å². The Morgan fingerprint density at radius 2 is 1.96 bits per heavy atom. The minimum Gasteiger partial charge on any atom is -0.451 e. The molecule has 2 aromatic rings.